The molecular formula is C16H27NOS. The average molecular weight is 281 g/mol. The summed E-state index contributed by atoms with van der Waals surface area (Å²) in [5, 5.41) is 3.61. The fraction of sp³-hybridized carbons (Fsp3) is 0.562. The molecule has 0 spiro atoms. The van der Waals surface area contributed by atoms with Crippen LogP contribution in [-0.2, 0) is 4.79 Å². The molecule has 0 amide bonds. The van der Waals surface area contributed by atoms with E-state index in [-0.39, 0.29) is 24.4 Å². The zero-order valence-corrected chi connectivity index (χ0v) is 13.3. The lowest BCUT2D eigenvalue weighted by Gasteiger charge is -2.29. The molecule has 2 atom stereocenters. The Balaban J connectivity index is 0.00000361. The topological polar surface area (TPSA) is 29.1 Å². The van der Waals surface area contributed by atoms with Crippen LogP contribution >= 0.6 is 11.8 Å². The van der Waals surface area contributed by atoms with Crippen molar-refractivity contribution in [1.82, 2.24) is 5.32 Å². The Morgan fingerprint density at radius 1 is 1.16 bits per heavy atom. The summed E-state index contributed by atoms with van der Waals surface area (Å²) in [5.74, 6) is 0.339. The molecule has 0 saturated heterocycles. The smallest absolute Gasteiger partial charge is 0.153 e. The van der Waals surface area contributed by atoms with Crippen molar-refractivity contribution in [2.45, 2.75) is 45.0 Å². The van der Waals surface area contributed by atoms with Crippen LogP contribution in [0.25, 0.3) is 0 Å². The van der Waals surface area contributed by atoms with Crippen molar-refractivity contribution in [3.05, 3.63) is 35.9 Å². The first kappa shape index (κ1) is 16.3. The van der Waals surface area contributed by atoms with Gasteiger partial charge in [0.2, 0.25) is 0 Å². The molecule has 3 heteroatoms. The highest BCUT2D eigenvalue weighted by molar-refractivity contribution is 7.98. The zero-order valence-electron chi connectivity index (χ0n) is 12.5. The fourth-order valence-corrected chi connectivity index (χ4v) is 3.06. The predicted octanol–water partition coefficient (Wildman–Crippen LogP) is 3.93. The quantitative estimate of drug-likeness (QED) is 0.821. The molecule has 0 saturated carbocycles. The molecule has 1 aromatic rings. The standard InChI is InChI=1S/C16H25NOS.H2/c1-11(2)15(18)14(17-12(3)4)16(19-5)13-9-7-6-8-10-13;/h6-12,14,16-17H,1-5H3;1H. The number of nitrogens with one attached hydrogen (secondary N) is 1. The Morgan fingerprint density at radius 3 is 2.16 bits per heavy atom. The second kappa shape index (κ2) is 7.71. The van der Waals surface area contributed by atoms with Crippen molar-refractivity contribution in [3.8, 4) is 0 Å². The number of benzene rings is 1. The van der Waals surface area contributed by atoms with Gasteiger partial charge in [-0.05, 0) is 11.8 Å². The van der Waals surface area contributed by atoms with Crippen LogP contribution in [0.2, 0.25) is 0 Å². The van der Waals surface area contributed by atoms with Crippen LogP contribution in [0.4, 0.5) is 0 Å². The minimum Gasteiger partial charge on any atom is -0.304 e. The molecule has 0 heterocycles. The van der Waals surface area contributed by atoms with Crippen molar-refractivity contribution in [1.29, 1.82) is 0 Å². The van der Waals surface area contributed by atoms with Gasteiger partial charge in [0, 0.05) is 13.4 Å². The molecule has 1 rings (SSSR count). The van der Waals surface area contributed by atoms with Crippen molar-refractivity contribution in [2.24, 2.45) is 5.92 Å². The lowest BCUT2D eigenvalue weighted by atomic mass is 9.94. The third-order valence-corrected chi connectivity index (χ3v) is 4.13. The lowest BCUT2D eigenvalue weighted by Crippen LogP contribution is -2.45. The summed E-state index contributed by atoms with van der Waals surface area (Å²) < 4.78 is 0. The summed E-state index contributed by atoms with van der Waals surface area (Å²) in [6.07, 6.45) is 2.07. The van der Waals surface area contributed by atoms with Gasteiger partial charge in [-0.1, -0.05) is 58.0 Å². The molecule has 2 nitrogen and oxygen atoms in total. The van der Waals surface area contributed by atoms with Gasteiger partial charge in [-0.2, -0.15) is 11.8 Å². The highest BCUT2D eigenvalue weighted by Gasteiger charge is 2.30. The van der Waals surface area contributed by atoms with Gasteiger partial charge in [0.15, 0.2) is 5.78 Å². The fourth-order valence-electron chi connectivity index (χ4n) is 2.14. The van der Waals surface area contributed by atoms with Gasteiger partial charge in [0.1, 0.15) is 0 Å². The first-order valence-electron chi connectivity index (χ1n) is 6.84. The number of carbonyl (C=O) groups is 1. The van der Waals surface area contributed by atoms with Gasteiger partial charge in [0.05, 0.1) is 11.3 Å². The molecule has 0 aliphatic carbocycles. The summed E-state index contributed by atoms with van der Waals surface area (Å²) in [4.78, 5) is 12.5. The molecule has 0 bridgehead atoms. The van der Waals surface area contributed by atoms with Crippen molar-refractivity contribution in [3.63, 3.8) is 0 Å². The summed E-state index contributed by atoms with van der Waals surface area (Å²) in [7, 11) is 0. The molecule has 2 unspecified atom stereocenters. The van der Waals surface area contributed by atoms with Gasteiger partial charge in [-0.15, -0.1) is 0 Å². The van der Waals surface area contributed by atoms with E-state index in [4.69, 9.17) is 0 Å². The van der Waals surface area contributed by atoms with E-state index in [1.54, 1.807) is 11.8 Å². The van der Waals surface area contributed by atoms with E-state index in [1.165, 1.54) is 5.56 Å². The van der Waals surface area contributed by atoms with Gasteiger partial charge in [-0.25, -0.2) is 0 Å². The molecule has 0 radical (unpaired) electrons. The number of ketones is 1. The third-order valence-electron chi connectivity index (χ3n) is 3.07. The average Bonchev–Trinajstić information content (AvgIpc) is 2.38. The number of thioether (sulfide) groups is 1. The maximum atomic E-state index is 12.5. The number of hydrogen-bond acceptors (Lipinski definition) is 3. The van der Waals surface area contributed by atoms with Crippen LogP contribution in [0, 0.1) is 5.92 Å². The maximum Gasteiger partial charge on any atom is 0.153 e. The van der Waals surface area contributed by atoms with Gasteiger partial charge in [0.25, 0.3) is 0 Å². The van der Waals surface area contributed by atoms with Crippen LogP contribution in [0.3, 0.4) is 0 Å². The second-order valence-electron chi connectivity index (χ2n) is 5.42. The van der Waals surface area contributed by atoms with Crippen LogP contribution < -0.4 is 5.32 Å². The Labute approximate surface area is 122 Å². The van der Waals surface area contributed by atoms with Gasteiger partial charge >= 0.3 is 0 Å². The van der Waals surface area contributed by atoms with Crippen molar-refractivity contribution >= 4 is 17.5 Å². The van der Waals surface area contributed by atoms with E-state index in [0.717, 1.165) is 0 Å². The Hall–Kier alpha value is -0.800. The summed E-state index contributed by atoms with van der Waals surface area (Å²) in [6.45, 7) is 8.12. The Bertz CT molecular complexity index is 395. The van der Waals surface area contributed by atoms with Crippen LogP contribution in [-0.4, -0.2) is 24.1 Å². The number of rotatable bonds is 7. The summed E-state index contributed by atoms with van der Waals surface area (Å²) in [6, 6.07) is 10.4. The molecular weight excluding hydrogens is 254 g/mol. The van der Waals surface area contributed by atoms with Crippen molar-refractivity contribution in [2.75, 3.05) is 6.26 Å². The SMILES string of the molecule is CSC(c1ccccc1)C(NC(C)C)C(=O)C(C)C.[HH]. The second-order valence-corrected chi connectivity index (χ2v) is 6.40. The van der Waals surface area contributed by atoms with Crippen LogP contribution in [0.5, 0.6) is 0 Å². The highest BCUT2D eigenvalue weighted by Crippen LogP contribution is 2.31. The van der Waals surface area contributed by atoms with Crippen LogP contribution in [0.1, 0.15) is 39.9 Å². The van der Waals surface area contributed by atoms with E-state index < -0.39 is 0 Å². The van der Waals surface area contributed by atoms with E-state index in [0.29, 0.717) is 6.04 Å². The monoisotopic (exact) mass is 281 g/mol. The molecule has 1 N–H and O–H groups in total. The molecule has 0 aliphatic rings. The first-order valence-corrected chi connectivity index (χ1v) is 8.13. The molecule has 0 aromatic heterocycles. The van der Waals surface area contributed by atoms with E-state index in [9.17, 15) is 4.79 Å². The summed E-state index contributed by atoms with van der Waals surface area (Å²) in [5.41, 5.74) is 1.21. The first-order chi connectivity index (χ1) is 8.97. The molecule has 0 aliphatic heterocycles. The van der Waals surface area contributed by atoms with Crippen LogP contribution in [0.15, 0.2) is 30.3 Å². The van der Waals surface area contributed by atoms with Gasteiger partial charge < -0.3 is 5.32 Å². The van der Waals surface area contributed by atoms with Gasteiger partial charge in [-0.3, -0.25) is 4.79 Å². The normalized spacial score (nSPS) is 14.7. The Kier molecular flexibility index (Phi) is 6.59. The highest BCUT2D eigenvalue weighted by atomic mass is 32.2. The number of hydrogen-bond donors (Lipinski definition) is 1. The zero-order chi connectivity index (χ0) is 14.4. The lowest BCUT2D eigenvalue weighted by molar-refractivity contribution is -0.124. The van der Waals surface area contributed by atoms with E-state index in [2.05, 4.69) is 37.6 Å². The largest absolute Gasteiger partial charge is 0.304 e. The minimum atomic E-state index is -0.127. The molecule has 0 fully saturated rings. The maximum absolute atomic E-state index is 12.5. The molecule has 19 heavy (non-hydrogen) atoms. The van der Waals surface area contributed by atoms with E-state index in [1.807, 2.05) is 32.0 Å². The third kappa shape index (κ3) is 4.66. The molecule has 108 valence electrons. The van der Waals surface area contributed by atoms with E-state index >= 15 is 0 Å². The number of carbonyl (C=O) groups excluding carboxylic acids is 1. The minimum absolute atomic E-state index is 0. The summed E-state index contributed by atoms with van der Waals surface area (Å²) >= 11 is 1.74. The Morgan fingerprint density at radius 2 is 1.74 bits per heavy atom. The number of Topliss-reactive ketones (excluding diaryl/α,β-unsaturated/α-hetero) is 1. The predicted molar refractivity (Wildman–Crippen MR) is 86.7 cm³/mol. The van der Waals surface area contributed by atoms with Crippen molar-refractivity contribution < 1.29 is 6.22 Å². The molecule has 1 aromatic carbocycles.